The van der Waals surface area contributed by atoms with E-state index >= 15 is 4.39 Å². The summed E-state index contributed by atoms with van der Waals surface area (Å²) in [5.74, 6) is -2.36. The van der Waals surface area contributed by atoms with Crippen LogP contribution in [-0.2, 0) is 5.41 Å². The Morgan fingerprint density at radius 1 is 1.10 bits per heavy atom. The predicted molar refractivity (Wildman–Crippen MR) is 159 cm³/mol. The van der Waals surface area contributed by atoms with Crippen molar-refractivity contribution in [3.05, 3.63) is 90.1 Å². The molecule has 0 bridgehead atoms. The van der Waals surface area contributed by atoms with E-state index in [9.17, 15) is 14.4 Å². The predicted octanol–water partition coefficient (Wildman–Crippen LogP) is 6.76. The normalized spacial score (nSPS) is 11.6. The molecular formula is C27H20F2IN8OP. The summed E-state index contributed by atoms with van der Waals surface area (Å²) in [6, 6.07) is 14.3. The number of nitrogens with one attached hydrogen (secondary N) is 2. The van der Waals surface area contributed by atoms with Crippen LogP contribution in [0.25, 0.3) is 22.4 Å². The van der Waals surface area contributed by atoms with Crippen LogP contribution in [-0.4, -0.2) is 30.2 Å². The van der Waals surface area contributed by atoms with Crippen molar-refractivity contribution < 1.29 is 13.6 Å². The van der Waals surface area contributed by atoms with E-state index in [1.807, 2.05) is 4.34 Å². The third-order valence-corrected chi connectivity index (χ3v) is 8.26. The van der Waals surface area contributed by atoms with Crippen molar-refractivity contribution in [1.29, 1.82) is 5.26 Å². The minimum absolute atomic E-state index is 0.140. The Bertz CT molecular complexity index is 1800. The maximum Gasteiger partial charge on any atom is 0.255 e. The van der Waals surface area contributed by atoms with E-state index in [1.54, 1.807) is 56.6 Å². The average Bonchev–Trinajstić information content (AvgIpc) is 3.40. The van der Waals surface area contributed by atoms with Gasteiger partial charge in [-0.15, -0.1) is 0 Å². The van der Waals surface area contributed by atoms with Crippen molar-refractivity contribution in [2.24, 2.45) is 0 Å². The van der Waals surface area contributed by atoms with Crippen LogP contribution in [0.2, 0.25) is 0 Å². The number of rotatable bonds is 7. The first kappa shape index (κ1) is 27.5. The molecule has 13 heteroatoms. The van der Waals surface area contributed by atoms with Crippen LogP contribution in [0.1, 0.15) is 29.8 Å². The number of pyridine rings is 1. The summed E-state index contributed by atoms with van der Waals surface area (Å²) in [6.07, 6.45) is 4.90. The van der Waals surface area contributed by atoms with E-state index in [4.69, 9.17) is 0 Å². The molecule has 40 heavy (non-hydrogen) atoms. The van der Waals surface area contributed by atoms with Crippen LogP contribution in [0, 0.1) is 23.0 Å². The van der Waals surface area contributed by atoms with Crippen LogP contribution < -0.4 is 10.6 Å². The molecule has 5 aromatic rings. The monoisotopic (exact) mass is 668 g/mol. The second-order valence-corrected chi connectivity index (χ2v) is 11.3. The minimum Gasteiger partial charge on any atom is -0.335 e. The third kappa shape index (κ3) is 5.22. The van der Waals surface area contributed by atoms with Gasteiger partial charge in [-0.05, 0) is 77.9 Å². The summed E-state index contributed by atoms with van der Waals surface area (Å²) in [5.41, 5.74) is 1.35. The summed E-state index contributed by atoms with van der Waals surface area (Å²) < 4.78 is 32.4. The van der Waals surface area contributed by atoms with E-state index in [0.717, 1.165) is 12.1 Å². The number of halogens is 3. The van der Waals surface area contributed by atoms with E-state index < -0.39 is 28.6 Å². The Hall–Kier alpha value is -4.08. The van der Waals surface area contributed by atoms with Crippen LogP contribution in [0.4, 0.5) is 26.0 Å². The quantitative estimate of drug-likeness (QED) is 0.145. The Balaban J connectivity index is 1.48. The summed E-state index contributed by atoms with van der Waals surface area (Å²) in [7, 11) is 0. The van der Waals surface area contributed by atoms with Crippen molar-refractivity contribution in [1.82, 2.24) is 24.3 Å². The number of hydrogen-bond acceptors (Lipinski definition) is 7. The maximum absolute atomic E-state index is 15.6. The Labute approximate surface area is 242 Å². The summed E-state index contributed by atoms with van der Waals surface area (Å²) in [6.45, 7) is 3.46. The molecule has 1 unspecified atom stereocenters. The lowest BCUT2D eigenvalue weighted by molar-refractivity contribution is 0.102. The van der Waals surface area contributed by atoms with Gasteiger partial charge in [-0.25, -0.2) is 28.7 Å². The third-order valence-electron chi connectivity index (χ3n) is 6.20. The highest BCUT2D eigenvalue weighted by Crippen LogP contribution is 2.36. The van der Waals surface area contributed by atoms with Gasteiger partial charge in [0.2, 0.25) is 0 Å². The molecule has 5 rings (SSSR count). The van der Waals surface area contributed by atoms with Gasteiger partial charge in [0.15, 0.2) is 11.5 Å². The van der Waals surface area contributed by atoms with Crippen molar-refractivity contribution in [3.63, 3.8) is 0 Å². The number of nitrogens with zero attached hydrogens (tertiary/aromatic N) is 6. The molecule has 2 aromatic carbocycles. The fourth-order valence-electron chi connectivity index (χ4n) is 3.98. The molecule has 2 N–H and O–H groups in total. The van der Waals surface area contributed by atoms with Gasteiger partial charge in [-0.1, -0.05) is 12.1 Å². The molecular weight excluding hydrogens is 648 g/mol. The fourth-order valence-corrected chi connectivity index (χ4v) is 5.38. The molecule has 0 aliphatic rings. The number of carbonyl (C=O) groups excluding carboxylic acids is 1. The Morgan fingerprint density at radius 2 is 1.93 bits per heavy atom. The zero-order valence-electron chi connectivity index (χ0n) is 21.1. The molecule has 1 amide bonds. The highest BCUT2D eigenvalue weighted by atomic mass is 127. The Morgan fingerprint density at radius 3 is 2.70 bits per heavy atom. The van der Waals surface area contributed by atoms with Crippen LogP contribution in [0.15, 0.2) is 67.4 Å². The molecule has 0 fully saturated rings. The fraction of sp³-hybridized carbons (Fsp3) is 0.111. The first-order chi connectivity index (χ1) is 19.2. The molecule has 0 saturated carbocycles. The molecule has 0 radical (unpaired) electrons. The van der Waals surface area contributed by atoms with E-state index in [-0.39, 0.29) is 17.1 Å². The smallest absolute Gasteiger partial charge is 0.255 e. The van der Waals surface area contributed by atoms with Gasteiger partial charge in [0.1, 0.15) is 41.2 Å². The minimum atomic E-state index is -1.01. The number of nitriles is 1. The van der Waals surface area contributed by atoms with Gasteiger partial charge in [0, 0.05) is 17.3 Å². The number of fused-ring (bicyclic) bond motifs is 1. The number of amides is 1. The first-order valence-electron chi connectivity index (χ1n) is 11.8. The molecule has 0 saturated heterocycles. The van der Waals surface area contributed by atoms with Gasteiger partial charge in [-0.2, -0.15) is 5.26 Å². The molecule has 0 aliphatic carbocycles. The van der Waals surface area contributed by atoms with Gasteiger partial charge >= 0.3 is 0 Å². The highest BCUT2D eigenvalue weighted by Gasteiger charge is 2.23. The zero-order chi connectivity index (χ0) is 28.4. The molecule has 0 aliphatic heterocycles. The average molecular weight is 668 g/mol. The first-order valence-corrected chi connectivity index (χ1v) is 15.9. The summed E-state index contributed by atoms with van der Waals surface area (Å²) in [5, 5.41) is 14.7. The SMILES string of the molecule is CC(C)(C#N)c1cccc(C(=O)Nc2ccc(F)c(Nc3ncccc3-c3ncnc4c3ncn4PI)c2F)c1. The largest absolute Gasteiger partial charge is 0.335 e. The maximum atomic E-state index is 15.6. The molecule has 0 spiro atoms. The number of anilines is 3. The van der Waals surface area contributed by atoms with Crippen LogP contribution >= 0.6 is 28.4 Å². The van der Waals surface area contributed by atoms with Crippen LogP contribution in [0.5, 0.6) is 0 Å². The van der Waals surface area contributed by atoms with E-state index in [2.05, 4.69) is 58.7 Å². The number of hydrogen-bond donors (Lipinski definition) is 2. The van der Waals surface area contributed by atoms with Gasteiger partial charge in [0.25, 0.3) is 5.91 Å². The van der Waals surface area contributed by atoms with E-state index in [0.29, 0.717) is 34.4 Å². The molecule has 9 nitrogen and oxygen atoms in total. The topological polar surface area (TPSA) is 121 Å². The van der Waals surface area contributed by atoms with Crippen molar-refractivity contribution in [2.75, 3.05) is 10.6 Å². The lowest BCUT2D eigenvalue weighted by atomic mass is 9.85. The van der Waals surface area contributed by atoms with Gasteiger partial charge in [0.05, 0.1) is 23.5 Å². The van der Waals surface area contributed by atoms with E-state index in [1.165, 1.54) is 12.5 Å². The summed E-state index contributed by atoms with van der Waals surface area (Å²) >= 11 is 2.21. The standard InChI is InChI=1S/C27H20F2IN8OP/c1-27(2,12-31)16-6-3-5-15(11-16)26(39)36-19-9-8-18(28)22(20(19)29)37-24-17(7-4-10-32-24)21-23-25(34-13-33-21)38(40-30)14-35-23/h3-11,13-14,40H,1-2H3,(H,32,37)(H,36,39). The van der Waals surface area contributed by atoms with Gasteiger partial charge in [-0.3, -0.25) is 9.13 Å². The summed E-state index contributed by atoms with van der Waals surface area (Å²) in [4.78, 5) is 30.3. The van der Waals surface area contributed by atoms with Crippen molar-refractivity contribution in [3.8, 4) is 17.3 Å². The van der Waals surface area contributed by atoms with Crippen LogP contribution in [0.3, 0.4) is 0 Å². The number of imidazole rings is 1. The number of carbonyl (C=O) groups is 1. The second-order valence-electron chi connectivity index (χ2n) is 9.17. The second kappa shape index (κ2) is 11.2. The molecule has 3 heterocycles. The Kier molecular flexibility index (Phi) is 7.69. The lowest BCUT2D eigenvalue weighted by Gasteiger charge is -2.17. The highest BCUT2D eigenvalue weighted by molar-refractivity contribution is 14.2. The van der Waals surface area contributed by atoms with Crippen molar-refractivity contribution in [2.45, 2.75) is 19.3 Å². The molecule has 200 valence electrons. The van der Waals surface area contributed by atoms with Crippen molar-refractivity contribution >= 4 is 62.7 Å². The zero-order valence-corrected chi connectivity index (χ0v) is 24.2. The lowest BCUT2D eigenvalue weighted by Crippen LogP contribution is -2.17. The molecule has 1 atom stereocenters. The number of aromatic nitrogens is 5. The number of benzene rings is 2. The van der Waals surface area contributed by atoms with Gasteiger partial charge < -0.3 is 10.6 Å². The molecule has 3 aromatic heterocycles.